The van der Waals surface area contributed by atoms with Crippen LogP contribution in [0.2, 0.25) is 0 Å². The second-order valence-electron chi connectivity index (χ2n) is 6.53. The van der Waals surface area contributed by atoms with Gasteiger partial charge in [0.05, 0.1) is 13.2 Å². The van der Waals surface area contributed by atoms with Gasteiger partial charge in [-0.1, -0.05) is 0 Å². The minimum absolute atomic E-state index is 0.327. The first-order chi connectivity index (χ1) is 12.7. The lowest BCUT2D eigenvalue weighted by Gasteiger charge is -2.36. The molecule has 26 heavy (non-hydrogen) atoms. The van der Waals surface area contributed by atoms with Gasteiger partial charge in [-0.2, -0.15) is 4.98 Å². The largest absolute Gasteiger partial charge is 0.378 e. The SMILES string of the molecule is Cc1cc(N2CCN(c3cc(N4CCOCC4)ncn3)CC2)nc(N)n1. The van der Waals surface area contributed by atoms with Gasteiger partial charge >= 0.3 is 0 Å². The summed E-state index contributed by atoms with van der Waals surface area (Å²) in [4.78, 5) is 24.2. The fraction of sp³-hybridized carbons (Fsp3) is 0.529. The van der Waals surface area contributed by atoms with E-state index in [4.69, 9.17) is 10.5 Å². The van der Waals surface area contributed by atoms with E-state index in [2.05, 4.69) is 40.7 Å². The molecule has 0 unspecified atom stereocenters. The average molecular weight is 356 g/mol. The van der Waals surface area contributed by atoms with Gasteiger partial charge < -0.3 is 25.2 Å². The second-order valence-corrected chi connectivity index (χ2v) is 6.53. The van der Waals surface area contributed by atoms with E-state index in [9.17, 15) is 0 Å². The van der Waals surface area contributed by atoms with Crippen LogP contribution in [0, 0.1) is 6.92 Å². The molecule has 0 aromatic carbocycles. The fourth-order valence-electron chi connectivity index (χ4n) is 3.38. The molecule has 2 aromatic heterocycles. The van der Waals surface area contributed by atoms with Gasteiger partial charge in [-0.05, 0) is 6.92 Å². The van der Waals surface area contributed by atoms with Crippen LogP contribution >= 0.6 is 0 Å². The third kappa shape index (κ3) is 3.62. The second kappa shape index (κ2) is 7.28. The number of nitrogen functional groups attached to an aromatic ring is 1. The van der Waals surface area contributed by atoms with Crippen LogP contribution in [0.4, 0.5) is 23.4 Å². The monoisotopic (exact) mass is 356 g/mol. The van der Waals surface area contributed by atoms with Crippen molar-refractivity contribution in [3.8, 4) is 0 Å². The fourth-order valence-corrected chi connectivity index (χ4v) is 3.38. The Balaban J connectivity index is 1.43. The normalized spacial score (nSPS) is 18.3. The van der Waals surface area contributed by atoms with Crippen molar-refractivity contribution in [1.82, 2.24) is 19.9 Å². The highest BCUT2D eigenvalue weighted by atomic mass is 16.5. The molecule has 0 aliphatic carbocycles. The molecule has 4 heterocycles. The van der Waals surface area contributed by atoms with Crippen molar-refractivity contribution in [3.05, 3.63) is 24.2 Å². The molecule has 2 fully saturated rings. The topological polar surface area (TPSA) is 96.5 Å². The predicted octanol–water partition coefficient (Wildman–Crippen LogP) is 0.320. The first-order valence-corrected chi connectivity index (χ1v) is 8.95. The van der Waals surface area contributed by atoms with Crippen LogP contribution in [-0.4, -0.2) is 72.4 Å². The third-order valence-corrected chi connectivity index (χ3v) is 4.76. The molecule has 0 bridgehead atoms. The number of aryl methyl sites for hydroxylation is 1. The average Bonchev–Trinajstić information content (AvgIpc) is 2.68. The molecule has 2 N–H and O–H groups in total. The van der Waals surface area contributed by atoms with Crippen LogP contribution in [0.3, 0.4) is 0 Å². The molecule has 0 saturated carbocycles. The molecule has 2 aliphatic heterocycles. The lowest BCUT2D eigenvalue weighted by Crippen LogP contribution is -2.47. The van der Waals surface area contributed by atoms with Crippen molar-refractivity contribution < 1.29 is 4.74 Å². The highest BCUT2D eigenvalue weighted by molar-refractivity contribution is 5.52. The molecule has 9 nitrogen and oxygen atoms in total. The molecule has 138 valence electrons. The lowest BCUT2D eigenvalue weighted by molar-refractivity contribution is 0.122. The van der Waals surface area contributed by atoms with Crippen molar-refractivity contribution in [1.29, 1.82) is 0 Å². The Morgan fingerprint density at radius 1 is 0.808 bits per heavy atom. The predicted molar refractivity (Wildman–Crippen MR) is 101 cm³/mol. The van der Waals surface area contributed by atoms with E-state index in [0.717, 1.165) is 75.6 Å². The summed E-state index contributed by atoms with van der Waals surface area (Å²) < 4.78 is 5.42. The minimum Gasteiger partial charge on any atom is -0.378 e. The number of ether oxygens (including phenoxy) is 1. The highest BCUT2D eigenvalue weighted by Crippen LogP contribution is 2.22. The van der Waals surface area contributed by atoms with Crippen LogP contribution in [0.1, 0.15) is 5.69 Å². The number of nitrogens with zero attached hydrogens (tertiary/aromatic N) is 7. The Morgan fingerprint density at radius 2 is 1.38 bits per heavy atom. The van der Waals surface area contributed by atoms with E-state index in [1.165, 1.54) is 0 Å². The zero-order valence-corrected chi connectivity index (χ0v) is 15.0. The Bertz CT molecular complexity index is 736. The summed E-state index contributed by atoms with van der Waals surface area (Å²) in [5.74, 6) is 3.17. The zero-order chi connectivity index (χ0) is 17.9. The smallest absolute Gasteiger partial charge is 0.222 e. The third-order valence-electron chi connectivity index (χ3n) is 4.76. The summed E-state index contributed by atoms with van der Waals surface area (Å²) in [6, 6.07) is 4.06. The molecule has 0 spiro atoms. The molecule has 0 amide bonds. The van der Waals surface area contributed by atoms with E-state index >= 15 is 0 Å². The van der Waals surface area contributed by atoms with Crippen LogP contribution in [0.25, 0.3) is 0 Å². The number of piperazine rings is 1. The van der Waals surface area contributed by atoms with Crippen LogP contribution in [-0.2, 0) is 4.74 Å². The molecular formula is C17H24N8O. The van der Waals surface area contributed by atoms with Gasteiger partial charge in [0.2, 0.25) is 5.95 Å². The summed E-state index contributed by atoms with van der Waals surface area (Å²) in [6.45, 7) is 8.67. The number of hydrogen-bond acceptors (Lipinski definition) is 9. The Labute approximate surface area is 152 Å². The van der Waals surface area contributed by atoms with Crippen molar-refractivity contribution in [2.45, 2.75) is 6.92 Å². The van der Waals surface area contributed by atoms with Gasteiger partial charge in [-0.15, -0.1) is 0 Å². The lowest BCUT2D eigenvalue weighted by atomic mass is 10.3. The van der Waals surface area contributed by atoms with Gasteiger partial charge in [0.25, 0.3) is 0 Å². The van der Waals surface area contributed by atoms with Gasteiger partial charge in [-0.3, -0.25) is 0 Å². The van der Waals surface area contributed by atoms with E-state index in [1.54, 1.807) is 6.33 Å². The summed E-state index contributed by atoms with van der Waals surface area (Å²) in [7, 11) is 0. The van der Waals surface area contributed by atoms with Gasteiger partial charge in [0, 0.05) is 57.1 Å². The summed E-state index contributed by atoms with van der Waals surface area (Å²) in [5, 5.41) is 0. The van der Waals surface area contributed by atoms with Crippen molar-refractivity contribution in [3.63, 3.8) is 0 Å². The molecule has 4 rings (SSSR count). The number of rotatable bonds is 3. The van der Waals surface area contributed by atoms with E-state index in [-0.39, 0.29) is 0 Å². The van der Waals surface area contributed by atoms with E-state index in [1.807, 2.05) is 13.0 Å². The number of morpholine rings is 1. The molecule has 9 heteroatoms. The summed E-state index contributed by atoms with van der Waals surface area (Å²) in [5.41, 5.74) is 6.67. The Hall–Kier alpha value is -2.68. The molecule has 2 saturated heterocycles. The number of anilines is 4. The zero-order valence-electron chi connectivity index (χ0n) is 15.0. The molecule has 0 atom stereocenters. The first kappa shape index (κ1) is 16.8. The van der Waals surface area contributed by atoms with E-state index < -0.39 is 0 Å². The molecule has 2 aromatic rings. The summed E-state index contributed by atoms with van der Waals surface area (Å²) in [6.07, 6.45) is 1.65. The molecular weight excluding hydrogens is 332 g/mol. The van der Waals surface area contributed by atoms with Crippen LogP contribution in [0.5, 0.6) is 0 Å². The number of aromatic nitrogens is 4. The highest BCUT2D eigenvalue weighted by Gasteiger charge is 2.21. The van der Waals surface area contributed by atoms with Crippen molar-refractivity contribution in [2.24, 2.45) is 0 Å². The quantitative estimate of drug-likeness (QED) is 0.834. The maximum absolute atomic E-state index is 5.78. The number of hydrogen-bond donors (Lipinski definition) is 1. The summed E-state index contributed by atoms with van der Waals surface area (Å²) >= 11 is 0. The van der Waals surface area contributed by atoms with Crippen LogP contribution in [0.15, 0.2) is 18.5 Å². The maximum atomic E-state index is 5.78. The van der Waals surface area contributed by atoms with E-state index in [0.29, 0.717) is 5.95 Å². The van der Waals surface area contributed by atoms with Gasteiger partial charge in [-0.25, -0.2) is 15.0 Å². The van der Waals surface area contributed by atoms with Gasteiger partial charge in [0.1, 0.15) is 23.8 Å². The Morgan fingerprint density at radius 3 is 2.00 bits per heavy atom. The molecule has 0 radical (unpaired) electrons. The Kier molecular flexibility index (Phi) is 4.70. The van der Waals surface area contributed by atoms with Crippen molar-refractivity contribution in [2.75, 3.05) is 72.9 Å². The van der Waals surface area contributed by atoms with Crippen molar-refractivity contribution >= 4 is 23.4 Å². The van der Waals surface area contributed by atoms with Gasteiger partial charge in [0.15, 0.2) is 0 Å². The number of nitrogens with two attached hydrogens (primary N) is 1. The minimum atomic E-state index is 0.327. The first-order valence-electron chi connectivity index (χ1n) is 8.95. The maximum Gasteiger partial charge on any atom is 0.222 e. The standard InChI is InChI=1S/C17H24N8O/c1-13-10-16(22-17(18)21-13)24-4-2-23(3-5-24)14-11-15(20-12-19-14)25-6-8-26-9-7-25/h10-12H,2-9H2,1H3,(H2,18,21,22). The van der Waals surface area contributed by atoms with Crippen LogP contribution < -0.4 is 20.4 Å². The molecule has 2 aliphatic rings.